The molecule has 1 N–H and O–H groups in total. The topological polar surface area (TPSA) is 12.0 Å². The lowest BCUT2D eigenvalue weighted by atomic mass is 9.87. The van der Waals surface area contributed by atoms with E-state index >= 15 is 0 Å². The highest BCUT2D eigenvalue weighted by molar-refractivity contribution is 7.99. The third-order valence-electron chi connectivity index (χ3n) is 3.07. The van der Waals surface area contributed by atoms with E-state index in [0.29, 0.717) is 0 Å². The predicted molar refractivity (Wildman–Crippen MR) is 72.2 cm³/mol. The van der Waals surface area contributed by atoms with E-state index in [1.165, 1.54) is 29.3 Å². The van der Waals surface area contributed by atoms with Crippen molar-refractivity contribution in [3.8, 4) is 0 Å². The molecule has 1 heterocycles. The molecule has 0 amide bonds. The Kier molecular flexibility index (Phi) is 3.60. The maximum absolute atomic E-state index is 3.31. The molecule has 1 aromatic carbocycles. The summed E-state index contributed by atoms with van der Waals surface area (Å²) < 4.78 is 0. The van der Waals surface area contributed by atoms with Gasteiger partial charge in [-0.05, 0) is 42.1 Å². The van der Waals surface area contributed by atoms with Crippen LogP contribution in [0, 0.1) is 5.92 Å². The fourth-order valence-corrected chi connectivity index (χ4v) is 2.72. The van der Waals surface area contributed by atoms with Crippen molar-refractivity contribution in [1.82, 2.24) is 5.32 Å². The van der Waals surface area contributed by atoms with Gasteiger partial charge in [0, 0.05) is 10.6 Å². The molecular weight excluding hydrogens is 214 g/mol. The Morgan fingerprint density at radius 1 is 1.19 bits per heavy atom. The molecule has 0 unspecified atom stereocenters. The molecule has 1 aliphatic heterocycles. The van der Waals surface area contributed by atoms with E-state index in [-0.39, 0.29) is 5.41 Å². The Bertz CT molecular complexity index is 333. The largest absolute Gasteiger partial charge is 0.316 e. The van der Waals surface area contributed by atoms with Crippen molar-refractivity contribution >= 4 is 11.8 Å². The van der Waals surface area contributed by atoms with Crippen molar-refractivity contribution in [3.63, 3.8) is 0 Å². The van der Waals surface area contributed by atoms with Crippen molar-refractivity contribution in [1.29, 1.82) is 0 Å². The normalized spacial score (nSPS) is 17.2. The molecule has 1 aliphatic rings. The molecule has 1 fully saturated rings. The number of rotatable bonds is 3. The van der Waals surface area contributed by atoms with Crippen molar-refractivity contribution in [2.24, 2.45) is 5.92 Å². The van der Waals surface area contributed by atoms with Crippen LogP contribution in [0.5, 0.6) is 0 Å². The zero-order chi connectivity index (χ0) is 11.6. The highest BCUT2D eigenvalue weighted by Gasteiger charge is 2.17. The quantitative estimate of drug-likeness (QED) is 0.807. The predicted octanol–water partition coefficient (Wildman–Crippen LogP) is 3.30. The highest BCUT2D eigenvalue weighted by atomic mass is 32.2. The van der Waals surface area contributed by atoms with Gasteiger partial charge in [-0.25, -0.2) is 0 Å². The van der Waals surface area contributed by atoms with E-state index in [1.54, 1.807) is 0 Å². The summed E-state index contributed by atoms with van der Waals surface area (Å²) in [5, 5.41) is 3.31. The zero-order valence-electron chi connectivity index (χ0n) is 10.4. The molecule has 2 heteroatoms. The van der Waals surface area contributed by atoms with E-state index in [9.17, 15) is 0 Å². The van der Waals surface area contributed by atoms with Crippen LogP contribution in [0.15, 0.2) is 29.2 Å². The SMILES string of the molecule is CC(C)(C)c1ccc(SCC2CNC2)cc1. The number of hydrogen-bond acceptors (Lipinski definition) is 2. The van der Waals surface area contributed by atoms with Gasteiger partial charge in [0.25, 0.3) is 0 Å². The average molecular weight is 235 g/mol. The lowest BCUT2D eigenvalue weighted by Crippen LogP contribution is -2.43. The summed E-state index contributed by atoms with van der Waals surface area (Å²) in [4.78, 5) is 1.40. The number of thioether (sulfide) groups is 1. The first-order valence-electron chi connectivity index (χ1n) is 6.00. The van der Waals surface area contributed by atoms with Gasteiger partial charge in [0.1, 0.15) is 0 Å². The van der Waals surface area contributed by atoms with Gasteiger partial charge in [0.15, 0.2) is 0 Å². The Hall–Kier alpha value is -0.470. The van der Waals surface area contributed by atoms with Crippen LogP contribution >= 0.6 is 11.8 Å². The molecular formula is C14H21NS. The number of hydrogen-bond donors (Lipinski definition) is 1. The van der Waals surface area contributed by atoms with Gasteiger partial charge in [-0.1, -0.05) is 32.9 Å². The first kappa shape index (κ1) is 12.0. The molecule has 0 saturated carbocycles. The summed E-state index contributed by atoms with van der Waals surface area (Å²) in [5.41, 5.74) is 1.68. The smallest absolute Gasteiger partial charge is 0.00722 e. The van der Waals surface area contributed by atoms with E-state index in [4.69, 9.17) is 0 Å². The van der Waals surface area contributed by atoms with Crippen molar-refractivity contribution in [2.45, 2.75) is 31.1 Å². The average Bonchev–Trinajstić information content (AvgIpc) is 2.15. The summed E-state index contributed by atoms with van der Waals surface area (Å²) in [7, 11) is 0. The van der Waals surface area contributed by atoms with E-state index in [1.807, 2.05) is 11.8 Å². The van der Waals surface area contributed by atoms with E-state index in [0.717, 1.165) is 5.92 Å². The van der Waals surface area contributed by atoms with Gasteiger partial charge < -0.3 is 5.32 Å². The Morgan fingerprint density at radius 3 is 2.25 bits per heavy atom. The Balaban J connectivity index is 1.91. The van der Waals surface area contributed by atoms with Crippen LogP contribution in [0.25, 0.3) is 0 Å². The van der Waals surface area contributed by atoms with Gasteiger partial charge in [-0.2, -0.15) is 0 Å². The minimum Gasteiger partial charge on any atom is -0.316 e. The maximum Gasteiger partial charge on any atom is 0.00722 e. The molecule has 16 heavy (non-hydrogen) atoms. The lowest BCUT2D eigenvalue weighted by molar-refractivity contribution is 0.385. The van der Waals surface area contributed by atoms with E-state index in [2.05, 4.69) is 50.4 Å². The summed E-state index contributed by atoms with van der Waals surface area (Å²) in [6.07, 6.45) is 0. The third kappa shape index (κ3) is 3.02. The van der Waals surface area contributed by atoms with Crippen LogP contribution in [0.1, 0.15) is 26.3 Å². The van der Waals surface area contributed by atoms with Gasteiger partial charge in [0.05, 0.1) is 0 Å². The van der Waals surface area contributed by atoms with Crippen LogP contribution in [0.2, 0.25) is 0 Å². The number of benzene rings is 1. The first-order chi connectivity index (χ1) is 7.55. The number of nitrogens with one attached hydrogen (secondary N) is 1. The summed E-state index contributed by atoms with van der Waals surface area (Å²) in [6, 6.07) is 9.05. The molecule has 1 nitrogen and oxygen atoms in total. The van der Waals surface area contributed by atoms with Gasteiger partial charge in [-0.15, -0.1) is 11.8 Å². The molecule has 0 radical (unpaired) electrons. The molecule has 0 atom stereocenters. The Labute approximate surface area is 103 Å². The minimum absolute atomic E-state index is 0.265. The first-order valence-corrected chi connectivity index (χ1v) is 6.98. The molecule has 2 rings (SSSR count). The van der Waals surface area contributed by atoms with Crippen LogP contribution in [0.3, 0.4) is 0 Å². The maximum atomic E-state index is 3.31. The molecule has 1 aromatic rings. The van der Waals surface area contributed by atoms with Crippen molar-refractivity contribution in [2.75, 3.05) is 18.8 Å². The molecule has 0 bridgehead atoms. The molecule has 1 saturated heterocycles. The van der Waals surface area contributed by atoms with Gasteiger partial charge in [0.2, 0.25) is 0 Å². The second-order valence-electron chi connectivity index (χ2n) is 5.61. The lowest BCUT2D eigenvalue weighted by Gasteiger charge is -2.26. The summed E-state index contributed by atoms with van der Waals surface area (Å²) >= 11 is 1.98. The van der Waals surface area contributed by atoms with Gasteiger partial charge in [-0.3, -0.25) is 0 Å². The van der Waals surface area contributed by atoms with Crippen LogP contribution < -0.4 is 5.32 Å². The van der Waals surface area contributed by atoms with Crippen molar-refractivity contribution < 1.29 is 0 Å². The molecule has 0 aromatic heterocycles. The summed E-state index contributed by atoms with van der Waals surface area (Å²) in [6.45, 7) is 9.18. The summed E-state index contributed by atoms with van der Waals surface area (Å²) in [5.74, 6) is 2.13. The molecule has 88 valence electrons. The Morgan fingerprint density at radius 2 is 1.81 bits per heavy atom. The standard InChI is InChI=1S/C14H21NS/c1-14(2,3)12-4-6-13(7-5-12)16-10-11-8-15-9-11/h4-7,11,15H,8-10H2,1-3H3. The minimum atomic E-state index is 0.265. The van der Waals surface area contributed by atoms with E-state index < -0.39 is 0 Å². The highest BCUT2D eigenvalue weighted by Crippen LogP contribution is 2.27. The second kappa shape index (κ2) is 4.80. The van der Waals surface area contributed by atoms with Crippen LogP contribution in [-0.4, -0.2) is 18.8 Å². The van der Waals surface area contributed by atoms with Gasteiger partial charge >= 0.3 is 0 Å². The second-order valence-corrected chi connectivity index (χ2v) is 6.70. The van der Waals surface area contributed by atoms with Crippen LogP contribution in [-0.2, 0) is 5.41 Å². The fraction of sp³-hybridized carbons (Fsp3) is 0.571. The third-order valence-corrected chi connectivity index (χ3v) is 4.32. The fourth-order valence-electron chi connectivity index (χ4n) is 1.73. The monoisotopic (exact) mass is 235 g/mol. The van der Waals surface area contributed by atoms with Crippen LogP contribution in [0.4, 0.5) is 0 Å². The molecule has 0 spiro atoms. The zero-order valence-corrected chi connectivity index (χ0v) is 11.2. The molecule has 0 aliphatic carbocycles. The van der Waals surface area contributed by atoms with Crippen molar-refractivity contribution in [3.05, 3.63) is 29.8 Å².